The Kier molecular flexibility index (Phi) is 5.48. The molecule has 2 aliphatic heterocycles. The van der Waals surface area contributed by atoms with Gasteiger partial charge in [-0.2, -0.15) is 5.10 Å². The van der Waals surface area contributed by atoms with Crippen LogP contribution < -0.4 is 5.32 Å². The molecule has 1 aromatic heterocycles. The van der Waals surface area contributed by atoms with Crippen molar-refractivity contribution < 1.29 is 9.59 Å². The van der Waals surface area contributed by atoms with Crippen molar-refractivity contribution in [2.75, 3.05) is 19.6 Å². The van der Waals surface area contributed by atoms with Crippen molar-refractivity contribution in [2.45, 2.75) is 77.0 Å². The largest absolute Gasteiger partial charge is 0.353 e. The van der Waals surface area contributed by atoms with Crippen LogP contribution in [0.15, 0.2) is 6.07 Å². The summed E-state index contributed by atoms with van der Waals surface area (Å²) in [5.74, 6) is 0.345. The lowest BCUT2D eigenvalue weighted by molar-refractivity contribution is -0.130. The third-order valence-corrected chi connectivity index (χ3v) is 6.07. The number of nitrogens with one attached hydrogen (secondary N) is 1. The molecule has 1 N–H and O–H groups in total. The molecule has 0 bridgehead atoms. The van der Waals surface area contributed by atoms with Gasteiger partial charge in [0.05, 0.1) is 11.4 Å². The van der Waals surface area contributed by atoms with Crippen molar-refractivity contribution in [3.05, 3.63) is 17.5 Å². The fourth-order valence-corrected chi connectivity index (χ4v) is 4.30. The summed E-state index contributed by atoms with van der Waals surface area (Å²) in [6.45, 7) is 6.37. The molecule has 7 nitrogen and oxygen atoms in total. The molecule has 4 rings (SSSR count). The van der Waals surface area contributed by atoms with Crippen LogP contribution >= 0.6 is 0 Å². The number of rotatable bonds is 5. The first-order chi connectivity index (χ1) is 13.1. The summed E-state index contributed by atoms with van der Waals surface area (Å²) in [5, 5.41) is 7.80. The van der Waals surface area contributed by atoms with Gasteiger partial charge in [0.15, 0.2) is 0 Å². The van der Waals surface area contributed by atoms with Gasteiger partial charge in [-0.05, 0) is 38.2 Å². The van der Waals surface area contributed by atoms with Crippen LogP contribution in [-0.2, 0) is 29.1 Å². The van der Waals surface area contributed by atoms with E-state index in [9.17, 15) is 9.59 Å². The van der Waals surface area contributed by atoms with Gasteiger partial charge < -0.3 is 10.2 Å². The predicted molar refractivity (Wildman–Crippen MR) is 102 cm³/mol. The Balaban J connectivity index is 1.32. The third kappa shape index (κ3) is 4.69. The Bertz CT molecular complexity index is 689. The number of hydrogen-bond acceptors (Lipinski definition) is 4. The number of aryl methyl sites for hydroxylation is 2. The lowest BCUT2D eigenvalue weighted by Gasteiger charge is -2.37. The standard InChI is InChI=1S/C20H31N5O2/c1-15(26)23-11-7-18(8-12-23)24-9-2-10-25-19(14-24)13-17(22-25)5-6-20(27)21-16-3-4-16/h13,16,18H,2-12,14H2,1H3,(H,21,27). The van der Waals surface area contributed by atoms with Gasteiger partial charge >= 0.3 is 0 Å². The molecule has 2 fully saturated rings. The first-order valence-electron chi connectivity index (χ1n) is 10.4. The summed E-state index contributed by atoms with van der Waals surface area (Å²) in [4.78, 5) is 28.0. The van der Waals surface area contributed by atoms with E-state index in [-0.39, 0.29) is 11.8 Å². The van der Waals surface area contributed by atoms with E-state index in [1.165, 1.54) is 5.69 Å². The van der Waals surface area contributed by atoms with Crippen molar-refractivity contribution in [1.82, 2.24) is 24.9 Å². The van der Waals surface area contributed by atoms with Gasteiger partial charge in [-0.3, -0.25) is 19.2 Å². The molecule has 1 aromatic rings. The molecule has 0 atom stereocenters. The molecular formula is C20H31N5O2. The fraction of sp³-hybridized carbons (Fsp3) is 0.750. The zero-order valence-corrected chi connectivity index (χ0v) is 16.3. The molecule has 0 unspecified atom stereocenters. The molecule has 27 heavy (non-hydrogen) atoms. The summed E-state index contributed by atoms with van der Waals surface area (Å²) in [5.41, 5.74) is 2.29. The summed E-state index contributed by atoms with van der Waals surface area (Å²) in [6, 6.07) is 3.17. The highest BCUT2D eigenvalue weighted by molar-refractivity contribution is 5.76. The molecule has 0 spiro atoms. The highest BCUT2D eigenvalue weighted by atomic mass is 16.2. The van der Waals surface area contributed by atoms with E-state index in [1.54, 1.807) is 6.92 Å². The molecule has 0 aromatic carbocycles. The molecule has 1 saturated heterocycles. The smallest absolute Gasteiger partial charge is 0.220 e. The average Bonchev–Trinajstić information content (AvgIpc) is 3.42. The van der Waals surface area contributed by atoms with Gasteiger partial charge in [0, 0.05) is 64.6 Å². The second kappa shape index (κ2) is 8.00. The van der Waals surface area contributed by atoms with Crippen molar-refractivity contribution in [3.63, 3.8) is 0 Å². The predicted octanol–water partition coefficient (Wildman–Crippen LogP) is 1.31. The molecule has 1 aliphatic carbocycles. The monoisotopic (exact) mass is 373 g/mol. The molecule has 3 heterocycles. The topological polar surface area (TPSA) is 70.5 Å². The van der Waals surface area contributed by atoms with Gasteiger partial charge in [-0.15, -0.1) is 0 Å². The number of carbonyl (C=O) groups excluding carboxylic acids is 2. The van der Waals surface area contributed by atoms with Crippen LogP contribution in [0.5, 0.6) is 0 Å². The fourth-order valence-electron chi connectivity index (χ4n) is 4.30. The van der Waals surface area contributed by atoms with E-state index in [4.69, 9.17) is 5.10 Å². The van der Waals surface area contributed by atoms with E-state index in [2.05, 4.69) is 21.0 Å². The lowest BCUT2D eigenvalue weighted by Crippen LogP contribution is -2.46. The molecule has 2 amide bonds. The van der Waals surface area contributed by atoms with E-state index < -0.39 is 0 Å². The Morgan fingerprint density at radius 3 is 2.63 bits per heavy atom. The normalized spacial score (nSPS) is 21.6. The van der Waals surface area contributed by atoms with E-state index in [0.717, 1.165) is 76.9 Å². The van der Waals surface area contributed by atoms with Crippen LogP contribution in [0.4, 0.5) is 0 Å². The second-order valence-corrected chi connectivity index (χ2v) is 8.25. The van der Waals surface area contributed by atoms with Crippen molar-refractivity contribution in [1.29, 1.82) is 0 Å². The Morgan fingerprint density at radius 2 is 1.93 bits per heavy atom. The maximum Gasteiger partial charge on any atom is 0.220 e. The first-order valence-corrected chi connectivity index (χ1v) is 10.4. The van der Waals surface area contributed by atoms with Gasteiger partial charge in [0.1, 0.15) is 0 Å². The molecule has 1 saturated carbocycles. The highest BCUT2D eigenvalue weighted by Crippen LogP contribution is 2.23. The summed E-state index contributed by atoms with van der Waals surface area (Å²) >= 11 is 0. The molecule has 3 aliphatic rings. The number of nitrogens with zero attached hydrogens (tertiary/aromatic N) is 4. The van der Waals surface area contributed by atoms with Crippen LogP contribution in [0.3, 0.4) is 0 Å². The second-order valence-electron chi connectivity index (χ2n) is 8.25. The third-order valence-electron chi connectivity index (χ3n) is 6.07. The average molecular weight is 374 g/mol. The van der Waals surface area contributed by atoms with Gasteiger partial charge in [-0.1, -0.05) is 0 Å². The number of fused-ring (bicyclic) bond motifs is 1. The number of hydrogen-bond donors (Lipinski definition) is 1. The Morgan fingerprint density at radius 1 is 1.15 bits per heavy atom. The number of likely N-dealkylation sites (tertiary alicyclic amines) is 1. The van der Waals surface area contributed by atoms with E-state index >= 15 is 0 Å². The molecule has 7 heteroatoms. The van der Waals surface area contributed by atoms with Crippen molar-refractivity contribution in [2.24, 2.45) is 0 Å². The van der Waals surface area contributed by atoms with Crippen LogP contribution in [0.1, 0.15) is 56.8 Å². The SMILES string of the molecule is CC(=O)N1CCC(N2CCCn3nc(CCC(=O)NC4CC4)cc3C2)CC1. The van der Waals surface area contributed by atoms with Crippen LogP contribution in [0.25, 0.3) is 0 Å². The Labute approximate surface area is 161 Å². The van der Waals surface area contributed by atoms with E-state index in [0.29, 0.717) is 18.5 Å². The van der Waals surface area contributed by atoms with Crippen LogP contribution in [-0.4, -0.2) is 63.1 Å². The number of piperidine rings is 1. The minimum Gasteiger partial charge on any atom is -0.353 e. The first kappa shape index (κ1) is 18.5. The molecule has 0 radical (unpaired) electrons. The van der Waals surface area contributed by atoms with Gasteiger partial charge in [-0.25, -0.2) is 0 Å². The minimum atomic E-state index is 0.152. The summed E-state index contributed by atoms with van der Waals surface area (Å²) in [7, 11) is 0. The van der Waals surface area contributed by atoms with Crippen molar-refractivity contribution >= 4 is 11.8 Å². The Hall–Kier alpha value is -1.89. The van der Waals surface area contributed by atoms with E-state index in [1.807, 2.05) is 4.90 Å². The highest BCUT2D eigenvalue weighted by Gasteiger charge is 2.28. The lowest BCUT2D eigenvalue weighted by atomic mass is 10.0. The minimum absolute atomic E-state index is 0.152. The van der Waals surface area contributed by atoms with Gasteiger partial charge in [0.25, 0.3) is 0 Å². The summed E-state index contributed by atoms with van der Waals surface area (Å²) in [6.07, 6.45) is 6.72. The van der Waals surface area contributed by atoms with Crippen LogP contribution in [0, 0.1) is 0 Å². The maximum absolute atomic E-state index is 11.9. The van der Waals surface area contributed by atoms with Gasteiger partial charge in [0.2, 0.25) is 11.8 Å². The summed E-state index contributed by atoms with van der Waals surface area (Å²) < 4.78 is 2.14. The quantitative estimate of drug-likeness (QED) is 0.845. The zero-order chi connectivity index (χ0) is 18.8. The van der Waals surface area contributed by atoms with Crippen molar-refractivity contribution in [3.8, 4) is 0 Å². The number of carbonyl (C=O) groups is 2. The molecule has 148 valence electrons. The maximum atomic E-state index is 11.9. The number of amides is 2. The molecular weight excluding hydrogens is 342 g/mol. The zero-order valence-electron chi connectivity index (χ0n) is 16.3. The number of aromatic nitrogens is 2. The van der Waals surface area contributed by atoms with Crippen LogP contribution in [0.2, 0.25) is 0 Å².